The van der Waals surface area contributed by atoms with Gasteiger partial charge in [0.15, 0.2) is 5.96 Å². The molecule has 0 aromatic heterocycles. The highest BCUT2D eigenvalue weighted by molar-refractivity contribution is 9.10. The van der Waals surface area contributed by atoms with Crippen LogP contribution in [0, 0.1) is 11.8 Å². The van der Waals surface area contributed by atoms with Crippen molar-refractivity contribution in [1.29, 1.82) is 0 Å². The lowest BCUT2D eigenvalue weighted by atomic mass is 9.91. The van der Waals surface area contributed by atoms with Crippen LogP contribution in [0.15, 0.2) is 27.7 Å². The van der Waals surface area contributed by atoms with E-state index in [1.165, 1.54) is 32.2 Å². The molecule has 392 valence electrons. The third-order valence-electron chi connectivity index (χ3n) is 12.4. The third kappa shape index (κ3) is 16.6. The predicted molar refractivity (Wildman–Crippen MR) is 265 cm³/mol. The van der Waals surface area contributed by atoms with Crippen LogP contribution in [0.5, 0.6) is 5.75 Å². The van der Waals surface area contributed by atoms with Crippen LogP contribution < -0.4 is 42.8 Å². The Kier molecular flexibility index (Phi) is 23.5. The van der Waals surface area contributed by atoms with Gasteiger partial charge in [0.2, 0.25) is 41.4 Å². The molecule has 2 saturated heterocycles. The fraction of sp³-hybridized carbons (Fsp3) is 0.674. The summed E-state index contributed by atoms with van der Waals surface area (Å²) in [6.07, 6.45) is -0.976. The van der Waals surface area contributed by atoms with Gasteiger partial charge < -0.3 is 62.4 Å². The van der Waals surface area contributed by atoms with Gasteiger partial charge >= 0.3 is 5.97 Å². The number of piperidine rings is 1. The molecule has 2 heterocycles. The van der Waals surface area contributed by atoms with E-state index in [9.17, 15) is 47.7 Å². The van der Waals surface area contributed by atoms with Gasteiger partial charge in [0, 0.05) is 49.2 Å². The van der Waals surface area contributed by atoms with E-state index in [1.54, 1.807) is 52.8 Å². The van der Waals surface area contributed by atoms with E-state index in [1.807, 2.05) is 0 Å². The van der Waals surface area contributed by atoms with E-state index in [0.29, 0.717) is 28.6 Å². The summed E-state index contributed by atoms with van der Waals surface area (Å²) in [6, 6.07) is -4.76. The largest absolute Gasteiger partial charge is 0.496 e. The highest BCUT2D eigenvalue weighted by Gasteiger charge is 2.47. The number of nitrogens with zero attached hydrogens (tertiary/aromatic N) is 3. The quantitative estimate of drug-likeness (QED) is 0.0410. The molecule has 3 rings (SSSR count). The van der Waals surface area contributed by atoms with Gasteiger partial charge in [0.1, 0.15) is 60.4 Å². The van der Waals surface area contributed by atoms with Crippen molar-refractivity contribution < 1.29 is 57.1 Å². The number of guanidine groups is 1. The summed E-state index contributed by atoms with van der Waals surface area (Å²) in [5.74, 6) is -7.49. The minimum Gasteiger partial charge on any atom is -0.496 e. The molecule has 11 atom stereocenters. The van der Waals surface area contributed by atoms with Crippen molar-refractivity contribution in [3.05, 3.63) is 28.2 Å². The maximum Gasteiger partial charge on any atom is 0.329 e. The molecule has 0 spiro atoms. The summed E-state index contributed by atoms with van der Waals surface area (Å²) >= 11 is 3.48. The Balaban J connectivity index is 2.28. The predicted octanol–water partition coefficient (Wildman–Crippen LogP) is -0.170. The number of carbonyl (C=O) groups is 8. The first-order chi connectivity index (χ1) is 32.9. The lowest BCUT2D eigenvalue weighted by Gasteiger charge is -2.44. The van der Waals surface area contributed by atoms with Gasteiger partial charge in [-0.15, -0.1) is 0 Å². The van der Waals surface area contributed by atoms with Crippen molar-refractivity contribution in [2.75, 3.05) is 32.7 Å². The average Bonchev–Trinajstić information content (AvgIpc) is 3.29. The van der Waals surface area contributed by atoms with Crippen LogP contribution >= 0.6 is 15.9 Å². The monoisotopic (exact) mass is 1070 g/mol. The number of benzene rings is 1. The topological polar surface area (TPSA) is 323 Å². The lowest BCUT2D eigenvalue weighted by Crippen LogP contribution is -2.66. The Labute approximate surface area is 420 Å². The highest BCUT2D eigenvalue weighted by Crippen LogP contribution is 2.29. The number of hydrogen-bond acceptors (Lipinski definition) is 13. The van der Waals surface area contributed by atoms with Crippen LogP contribution in [-0.4, -0.2) is 160 Å². The second-order valence-corrected chi connectivity index (χ2v) is 20.5. The number of halogens is 1. The number of aliphatic imine (C=N–C) groups is 1. The molecule has 0 aliphatic carbocycles. The number of aliphatic hydroxyl groups excluding tert-OH is 1. The second-order valence-electron chi connectivity index (χ2n) is 18.1. The maximum absolute atomic E-state index is 15.0. The number of likely N-dealkylation sites (N-methyl/N-ethyl adjacent to an activating group) is 1. The summed E-state index contributed by atoms with van der Waals surface area (Å²) in [5.41, 5.74) is 11.6. The van der Waals surface area contributed by atoms with Crippen molar-refractivity contribution in [2.24, 2.45) is 28.3 Å². The van der Waals surface area contributed by atoms with E-state index in [2.05, 4.69) is 47.5 Å². The molecule has 10 N–H and O–H groups in total. The van der Waals surface area contributed by atoms with Crippen LogP contribution in [0.3, 0.4) is 0 Å². The molecule has 1 aromatic rings. The lowest BCUT2D eigenvalue weighted by molar-refractivity contribution is -0.168. The SMILES string of the molecule is CCCC(=O)N[C@@H](CCS(C)=O)C(=O)N[C@@H]1C(=O)N[C@@H](CCCN=C(N)N)C(=O)N[C@H]2CC[C@@H](O)N(C2=O)[C@@H]([C@@H](C)CC)C(=O)N(C)[C@@H](Cc2ccc(OC)c(Br)c2)C(=O)N[C@@H](C(C)C)C(=O)O[C@@H]1C. The fourth-order valence-corrected chi connectivity index (χ4v) is 9.28. The molecule has 22 nitrogen and oxygen atoms in total. The van der Waals surface area contributed by atoms with Gasteiger partial charge in [-0.05, 0) is 90.9 Å². The van der Waals surface area contributed by atoms with Gasteiger partial charge in [0.05, 0.1) is 11.6 Å². The molecule has 2 fully saturated rings. The smallest absolute Gasteiger partial charge is 0.329 e. The van der Waals surface area contributed by atoms with E-state index < -0.39 is 125 Å². The maximum atomic E-state index is 15.0. The van der Waals surface area contributed by atoms with Crippen molar-refractivity contribution in [1.82, 2.24) is 36.4 Å². The molecule has 7 amide bonds. The van der Waals surface area contributed by atoms with Crippen LogP contribution in [0.4, 0.5) is 0 Å². The molecule has 0 saturated carbocycles. The number of nitrogens with two attached hydrogens (primary N) is 2. The molecule has 1 unspecified atom stereocenters. The third-order valence-corrected chi connectivity index (χ3v) is 13.8. The number of carbonyl (C=O) groups excluding carboxylic acids is 8. The first-order valence-electron chi connectivity index (χ1n) is 23.6. The number of hydrogen-bond donors (Lipinski definition) is 8. The summed E-state index contributed by atoms with van der Waals surface area (Å²) in [7, 11) is 1.49. The first-order valence-corrected chi connectivity index (χ1v) is 26.1. The molecule has 2 bridgehead atoms. The zero-order valence-electron chi connectivity index (χ0n) is 41.6. The van der Waals surface area contributed by atoms with Gasteiger partial charge in [-0.1, -0.05) is 47.1 Å². The van der Waals surface area contributed by atoms with Crippen molar-refractivity contribution >= 4 is 80.0 Å². The standard InChI is InChI=1S/C46H73BrN10O12S/c1-10-13-34(58)51-30(19-21-70(9)67)40(61)55-37-26(6)69-45(66)36(24(3)4)54-41(62)32(23-27-15-17-33(68-8)28(47)22-27)56(7)44(65)38(25(5)11-2)57-35(59)18-16-31(43(57)64)53-39(60)29(52-42(37)63)14-12-20-50-46(48)49/h15,17,22,24-26,29-32,35-38,59H,10-14,16,18-21,23H2,1-9H3,(H,51,58)(H,52,63)(H,53,60)(H,54,62)(H,55,61)(H4,48,49,50)/t25-,26+,29-,30-,31-,32-,35+,36-,37-,38-,70?/m0/s1. The number of cyclic esters (lactones) is 1. The number of amides is 7. The van der Waals surface area contributed by atoms with E-state index >= 15 is 0 Å². The molecule has 2 aliphatic heterocycles. The Morgan fingerprint density at radius 2 is 1.71 bits per heavy atom. The summed E-state index contributed by atoms with van der Waals surface area (Å²) < 4.78 is 24.0. The van der Waals surface area contributed by atoms with Crippen LogP contribution in [0.1, 0.15) is 98.5 Å². The molecule has 2 aliphatic rings. The van der Waals surface area contributed by atoms with Crippen LogP contribution in [0.25, 0.3) is 0 Å². The number of fused-ring (bicyclic) bond motifs is 2. The Hall–Kier alpha value is -5.36. The number of rotatable bonds is 18. The van der Waals surface area contributed by atoms with Gasteiger partial charge in [-0.25, -0.2) is 4.79 Å². The van der Waals surface area contributed by atoms with E-state index in [0.717, 1.165) is 4.90 Å². The molecule has 70 heavy (non-hydrogen) atoms. The molecule has 1 aromatic carbocycles. The number of ether oxygens (including phenoxy) is 2. The minimum atomic E-state index is -1.75. The van der Waals surface area contributed by atoms with Crippen molar-refractivity contribution in [3.63, 3.8) is 0 Å². The van der Waals surface area contributed by atoms with Crippen LogP contribution in [-0.2, 0) is 60.3 Å². The van der Waals surface area contributed by atoms with Gasteiger partial charge in [-0.3, -0.25) is 42.8 Å². The number of esters is 1. The summed E-state index contributed by atoms with van der Waals surface area (Å²) in [6.45, 7) is 9.90. The zero-order chi connectivity index (χ0) is 52.6. The second kappa shape index (κ2) is 27.9. The van der Waals surface area contributed by atoms with Crippen LogP contribution in [0.2, 0.25) is 0 Å². The molecular formula is C46H73BrN10O12S. The van der Waals surface area contributed by atoms with Gasteiger partial charge in [0.25, 0.3) is 0 Å². The number of aliphatic hydroxyl groups is 1. The van der Waals surface area contributed by atoms with Crippen molar-refractivity contribution in [2.45, 2.75) is 154 Å². The normalized spacial score (nSPS) is 25.4. The Morgan fingerprint density at radius 1 is 1.03 bits per heavy atom. The Bertz CT molecular complexity index is 2090. The number of methoxy groups -OCH3 is 1. The average molecular weight is 1070 g/mol. The first kappa shape index (κ1) is 59.0. The molecule has 0 radical (unpaired) electrons. The zero-order valence-corrected chi connectivity index (χ0v) is 44.0. The fourth-order valence-electron chi connectivity index (χ4n) is 8.12. The molecular weight excluding hydrogens is 997 g/mol. The number of nitrogens with one attached hydrogen (secondary N) is 5. The summed E-state index contributed by atoms with van der Waals surface area (Å²) in [4.78, 5) is 121. The highest BCUT2D eigenvalue weighted by atomic mass is 79.9. The Morgan fingerprint density at radius 3 is 2.30 bits per heavy atom. The minimum absolute atomic E-state index is 0.00364. The summed E-state index contributed by atoms with van der Waals surface area (Å²) in [5, 5.41) is 24.8. The van der Waals surface area contributed by atoms with E-state index in [-0.39, 0.29) is 63.2 Å². The molecule has 24 heteroatoms. The van der Waals surface area contributed by atoms with Crippen molar-refractivity contribution in [3.8, 4) is 5.75 Å². The van der Waals surface area contributed by atoms with Gasteiger partial charge in [-0.2, -0.15) is 0 Å². The van der Waals surface area contributed by atoms with E-state index in [4.69, 9.17) is 20.9 Å².